The van der Waals surface area contributed by atoms with Crippen molar-refractivity contribution in [2.75, 3.05) is 6.61 Å². The van der Waals surface area contributed by atoms with Crippen LogP contribution in [0.5, 0.6) is 0 Å². The summed E-state index contributed by atoms with van der Waals surface area (Å²) in [5, 5.41) is 16.2. The van der Waals surface area contributed by atoms with E-state index in [0.717, 1.165) is 18.4 Å². The topological polar surface area (TPSA) is 88.2 Å². The van der Waals surface area contributed by atoms with E-state index in [1.807, 2.05) is 6.92 Å². The summed E-state index contributed by atoms with van der Waals surface area (Å²) in [5.41, 5.74) is 0.429. The third-order valence-corrected chi connectivity index (χ3v) is 3.91. The zero-order valence-corrected chi connectivity index (χ0v) is 11.7. The quantitative estimate of drug-likeness (QED) is 0.872. The Bertz CT molecular complexity index is 637. The van der Waals surface area contributed by atoms with Crippen molar-refractivity contribution in [2.24, 2.45) is 5.92 Å². The Hall–Kier alpha value is -2.21. The largest absolute Gasteiger partial charge is 0.394 e. The minimum absolute atomic E-state index is 0.0849. The highest BCUT2D eigenvalue weighted by Crippen LogP contribution is 2.39. The van der Waals surface area contributed by atoms with Gasteiger partial charge in [0.25, 0.3) is 5.91 Å². The molecule has 0 spiro atoms. The summed E-state index contributed by atoms with van der Waals surface area (Å²) in [5.74, 6) is 0.514. The molecule has 0 radical (unpaired) electrons. The Labute approximate surface area is 122 Å². The van der Waals surface area contributed by atoms with Crippen molar-refractivity contribution in [1.82, 2.24) is 15.5 Å². The number of pyridine rings is 1. The lowest BCUT2D eigenvalue weighted by Gasteiger charge is -2.28. The SMILES string of the molecule is CC(CO)(NC(=O)c1cc(-c2ccncc2)on1)C1CC1. The van der Waals surface area contributed by atoms with Gasteiger partial charge in [-0.25, -0.2) is 0 Å². The summed E-state index contributed by atoms with van der Waals surface area (Å²) < 4.78 is 5.19. The number of aromatic nitrogens is 2. The second-order valence-corrected chi connectivity index (χ2v) is 5.62. The summed E-state index contributed by atoms with van der Waals surface area (Å²) in [4.78, 5) is 16.2. The molecule has 1 atom stereocenters. The van der Waals surface area contributed by atoms with E-state index in [2.05, 4.69) is 15.5 Å². The van der Waals surface area contributed by atoms with Crippen LogP contribution >= 0.6 is 0 Å². The molecule has 1 saturated carbocycles. The fraction of sp³-hybridized carbons (Fsp3) is 0.400. The average molecular weight is 287 g/mol. The van der Waals surface area contributed by atoms with Crippen LogP contribution < -0.4 is 5.32 Å². The van der Waals surface area contributed by atoms with E-state index in [4.69, 9.17) is 4.52 Å². The molecular formula is C15H17N3O3. The van der Waals surface area contributed by atoms with Gasteiger partial charge in [0.2, 0.25) is 0 Å². The first-order valence-electron chi connectivity index (χ1n) is 6.93. The van der Waals surface area contributed by atoms with E-state index in [-0.39, 0.29) is 18.2 Å². The van der Waals surface area contributed by atoms with Crippen molar-refractivity contribution < 1.29 is 14.4 Å². The third-order valence-electron chi connectivity index (χ3n) is 3.91. The number of carbonyl (C=O) groups excluding carboxylic acids is 1. The van der Waals surface area contributed by atoms with Gasteiger partial charge >= 0.3 is 0 Å². The standard InChI is InChI=1S/C15H17N3O3/c1-15(9-19,11-2-3-11)17-14(20)12-8-13(21-18-12)10-4-6-16-7-5-10/h4-8,11,19H,2-3,9H2,1H3,(H,17,20). The van der Waals surface area contributed by atoms with Gasteiger partial charge in [-0.2, -0.15) is 0 Å². The molecule has 1 unspecified atom stereocenters. The van der Waals surface area contributed by atoms with E-state index >= 15 is 0 Å². The highest BCUT2D eigenvalue weighted by atomic mass is 16.5. The van der Waals surface area contributed by atoms with Crippen molar-refractivity contribution in [3.63, 3.8) is 0 Å². The van der Waals surface area contributed by atoms with Crippen LogP contribution in [0.2, 0.25) is 0 Å². The molecule has 1 aliphatic carbocycles. The maximum absolute atomic E-state index is 12.2. The molecule has 6 heteroatoms. The Morgan fingerprint density at radius 1 is 1.48 bits per heavy atom. The number of hydrogen-bond acceptors (Lipinski definition) is 5. The number of aliphatic hydroxyl groups is 1. The highest BCUT2D eigenvalue weighted by Gasteiger charge is 2.42. The molecule has 1 fully saturated rings. The minimum atomic E-state index is -0.590. The van der Waals surface area contributed by atoms with Crippen LogP contribution in [-0.4, -0.2) is 33.3 Å². The molecule has 1 aliphatic rings. The van der Waals surface area contributed by atoms with Gasteiger partial charge in [-0.05, 0) is 37.8 Å². The van der Waals surface area contributed by atoms with Crippen molar-refractivity contribution >= 4 is 5.91 Å². The average Bonchev–Trinajstić information content (AvgIpc) is 3.26. The van der Waals surface area contributed by atoms with Gasteiger partial charge < -0.3 is 14.9 Å². The van der Waals surface area contributed by atoms with Gasteiger partial charge in [0.15, 0.2) is 11.5 Å². The number of rotatable bonds is 5. The Kier molecular flexibility index (Phi) is 3.47. The molecule has 2 aromatic rings. The van der Waals surface area contributed by atoms with Gasteiger partial charge in [-0.15, -0.1) is 0 Å². The monoisotopic (exact) mass is 287 g/mol. The van der Waals surface area contributed by atoms with Crippen LogP contribution in [0.4, 0.5) is 0 Å². The lowest BCUT2D eigenvalue weighted by Crippen LogP contribution is -2.50. The molecule has 0 aliphatic heterocycles. The molecule has 0 saturated heterocycles. The smallest absolute Gasteiger partial charge is 0.273 e. The number of aliphatic hydroxyl groups excluding tert-OH is 1. The molecule has 1 amide bonds. The van der Waals surface area contributed by atoms with Gasteiger partial charge in [0, 0.05) is 24.0 Å². The number of carbonyl (C=O) groups is 1. The number of nitrogens with zero attached hydrogens (tertiary/aromatic N) is 2. The summed E-state index contributed by atoms with van der Waals surface area (Å²) in [7, 11) is 0. The molecule has 110 valence electrons. The predicted octanol–water partition coefficient (Wildman–Crippen LogP) is 1.63. The van der Waals surface area contributed by atoms with Crippen LogP contribution in [0.25, 0.3) is 11.3 Å². The normalized spacial score (nSPS) is 17.2. The molecule has 6 nitrogen and oxygen atoms in total. The van der Waals surface area contributed by atoms with Crippen LogP contribution in [0, 0.1) is 5.92 Å². The second kappa shape index (κ2) is 5.29. The minimum Gasteiger partial charge on any atom is -0.394 e. The third kappa shape index (κ3) is 2.80. The van der Waals surface area contributed by atoms with Crippen LogP contribution in [0.15, 0.2) is 35.1 Å². The fourth-order valence-electron chi connectivity index (χ4n) is 2.35. The fourth-order valence-corrected chi connectivity index (χ4v) is 2.35. The summed E-state index contributed by atoms with van der Waals surface area (Å²) in [6.07, 6.45) is 5.35. The lowest BCUT2D eigenvalue weighted by atomic mass is 9.97. The second-order valence-electron chi connectivity index (χ2n) is 5.62. The summed E-state index contributed by atoms with van der Waals surface area (Å²) in [6, 6.07) is 5.16. The number of amides is 1. The lowest BCUT2D eigenvalue weighted by molar-refractivity contribution is 0.0815. The van der Waals surface area contributed by atoms with Crippen LogP contribution in [0.1, 0.15) is 30.3 Å². The van der Waals surface area contributed by atoms with Crippen LogP contribution in [0.3, 0.4) is 0 Å². The van der Waals surface area contributed by atoms with E-state index in [1.54, 1.807) is 30.6 Å². The molecule has 2 N–H and O–H groups in total. The first kappa shape index (κ1) is 13.8. The molecule has 0 aromatic carbocycles. The first-order chi connectivity index (χ1) is 10.1. The number of hydrogen-bond donors (Lipinski definition) is 2. The molecular weight excluding hydrogens is 270 g/mol. The summed E-state index contributed by atoms with van der Waals surface area (Å²) >= 11 is 0. The highest BCUT2D eigenvalue weighted by molar-refractivity contribution is 5.93. The Morgan fingerprint density at radius 2 is 2.19 bits per heavy atom. The maximum atomic E-state index is 12.2. The van der Waals surface area contributed by atoms with Gasteiger partial charge in [-0.1, -0.05) is 5.16 Å². The summed E-state index contributed by atoms with van der Waals surface area (Å²) in [6.45, 7) is 1.77. The van der Waals surface area contributed by atoms with Crippen molar-refractivity contribution in [3.8, 4) is 11.3 Å². The van der Waals surface area contributed by atoms with E-state index in [9.17, 15) is 9.90 Å². The van der Waals surface area contributed by atoms with Crippen LogP contribution in [-0.2, 0) is 0 Å². The number of nitrogens with one attached hydrogen (secondary N) is 1. The van der Waals surface area contributed by atoms with Crippen molar-refractivity contribution in [1.29, 1.82) is 0 Å². The molecule has 21 heavy (non-hydrogen) atoms. The maximum Gasteiger partial charge on any atom is 0.273 e. The first-order valence-corrected chi connectivity index (χ1v) is 6.93. The van der Waals surface area contributed by atoms with Crippen molar-refractivity contribution in [2.45, 2.75) is 25.3 Å². The van der Waals surface area contributed by atoms with Gasteiger partial charge in [-0.3, -0.25) is 9.78 Å². The Balaban J connectivity index is 1.75. The molecule has 0 bridgehead atoms. The molecule has 2 aromatic heterocycles. The van der Waals surface area contributed by atoms with Gasteiger partial charge in [0.1, 0.15) is 0 Å². The van der Waals surface area contributed by atoms with Gasteiger partial charge in [0.05, 0.1) is 12.1 Å². The van der Waals surface area contributed by atoms with E-state index in [1.165, 1.54) is 0 Å². The molecule has 2 heterocycles. The zero-order valence-electron chi connectivity index (χ0n) is 11.7. The molecule has 3 rings (SSSR count). The Morgan fingerprint density at radius 3 is 2.81 bits per heavy atom. The van der Waals surface area contributed by atoms with Crippen molar-refractivity contribution in [3.05, 3.63) is 36.3 Å². The predicted molar refractivity (Wildman–Crippen MR) is 75.4 cm³/mol. The van der Waals surface area contributed by atoms with E-state index < -0.39 is 5.54 Å². The zero-order chi connectivity index (χ0) is 14.9. The van der Waals surface area contributed by atoms with E-state index in [0.29, 0.717) is 11.7 Å².